The van der Waals surface area contributed by atoms with E-state index in [0.29, 0.717) is 10.6 Å². The summed E-state index contributed by atoms with van der Waals surface area (Å²) in [4.78, 5) is 13.3. The van der Waals surface area contributed by atoms with Crippen molar-refractivity contribution in [1.29, 1.82) is 0 Å². The Hall–Kier alpha value is -0.780. The molecule has 6 heteroatoms. The van der Waals surface area contributed by atoms with E-state index in [0.717, 1.165) is 4.47 Å². The number of β-amino-alcohol motifs (C(OH)–C–C–N with tert-alkyl or cyclic N) is 1. The number of benzene rings is 1. The predicted molar refractivity (Wildman–Crippen MR) is 80.9 cm³/mol. The molecule has 1 aliphatic rings. The van der Waals surface area contributed by atoms with Crippen LogP contribution in [-0.2, 0) is 10.3 Å². The first-order valence-corrected chi connectivity index (χ1v) is 7.44. The van der Waals surface area contributed by atoms with Crippen LogP contribution in [0.15, 0.2) is 22.7 Å². The Kier molecular flexibility index (Phi) is 4.06. The van der Waals surface area contributed by atoms with Crippen LogP contribution < -0.4 is 0 Å². The van der Waals surface area contributed by atoms with Crippen LogP contribution in [0.2, 0.25) is 5.02 Å². The normalized spacial score (nSPS) is 17.6. The van der Waals surface area contributed by atoms with Gasteiger partial charge >= 0.3 is 6.09 Å². The molecule has 0 spiro atoms. The first-order chi connectivity index (χ1) is 9.12. The van der Waals surface area contributed by atoms with Crippen molar-refractivity contribution in [2.45, 2.75) is 32.0 Å². The Bertz CT molecular complexity index is 536. The quantitative estimate of drug-likeness (QED) is 0.831. The minimum absolute atomic E-state index is 0.179. The highest BCUT2D eigenvalue weighted by molar-refractivity contribution is 9.10. The fourth-order valence-corrected chi connectivity index (χ4v) is 2.74. The van der Waals surface area contributed by atoms with E-state index in [1.807, 2.05) is 20.8 Å². The van der Waals surface area contributed by atoms with E-state index < -0.39 is 17.3 Å². The second-order valence-electron chi connectivity index (χ2n) is 5.97. The molecule has 0 saturated carbocycles. The first kappa shape index (κ1) is 15.6. The van der Waals surface area contributed by atoms with Gasteiger partial charge in [-0.05, 0) is 42.8 Å². The molecule has 1 aliphatic heterocycles. The maximum Gasteiger partial charge on any atom is 0.410 e. The smallest absolute Gasteiger partial charge is 0.410 e. The van der Waals surface area contributed by atoms with E-state index in [9.17, 15) is 9.90 Å². The predicted octanol–water partition coefficient (Wildman–Crippen LogP) is 3.54. The van der Waals surface area contributed by atoms with Gasteiger partial charge in [-0.1, -0.05) is 23.7 Å². The zero-order chi connectivity index (χ0) is 15.1. The van der Waals surface area contributed by atoms with Crippen LogP contribution in [0.1, 0.15) is 26.3 Å². The summed E-state index contributed by atoms with van der Waals surface area (Å²) in [6.07, 6.45) is -0.423. The van der Waals surface area contributed by atoms with Gasteiger partial charge in [-0.15, -0.1) is 0 Å². The van der Waals surface area contributed by atoms with Crippen molar-refractivity contribution in [3.63, 3.8) is 0 Å². The van der Waals surface area contributed by atoms with Crippen molar-refractivity contribution in [2.24, 2.45) is 0 Å². The topological polar surface area (TPSA) is 49.8 Å². The van der Waals surface area contributed by atoms with Gasteiger partial charge in [0.25, 0.3) is 0 Å². The highest BCUT2D eigenvalue weighted by Crippen LogP contribution is 2.39. The molecule has 110 valence electrons. The van der Waals surface area contributed by atoms with Crippen LogP contribution >= 0.6 is 27.5 Å². The number of nitrogens with zero attached hydrogens (tertiary/aromatic N) is 1. The lowest BCUT2D eigenvalue weighted by molar-refractivity contribution is -0.103. The van der Waals surface area contributed by atoms with Crippen LogP contribution in [0, 0.1) is 0 Å². The minimum Gasteiger partial charge on any atom is -0.444 e. The fraction of sp³-hybridized carbons (Fsp3) is 0.500. The number of amides is 1. The van der Waals surface area contributed by atoms with Gasteiger partial charge < -0.3 is 14.7 Å². The van der Waals surface area contributed by atoms with E-state index in [4.69, 9.17) is 16.3 Å². The summed E-state index contributed by atoms with van der Waals surface area (Å²) in [5, 5.41) is 11.0. The lowest BCUT2D eigenvalue weighted by atomic mass is 9.86. The van der Waals surface area contributed by atoms with Gasteiger partial charge in [0, 0.05) is 10.0 Å². The number of carbonyl (C=O) groups is 1. The third-order valence-electron chi connectivity index (χ3n) is 3.01. The Morgan fingerprint density at radius 1 is 1.45 bits per heavy atom. The highest BCUT2D eigenvalue weighted by Gasteiger charge is 2.47. The Balaban J connectivity index is 2.08. The molecule has 0 unspecified atom stereocenters. The van der Waals surface area contributed by atoms with Crippen LogP contribution in [0.25, 0.3) is 0 Å². The molecule has 1 heterocycles. The summed E-state index contributed by atoms with van der Waals surface area (Å²) in [5.74, 6) is 0. The Morgan fingerprint density at radius 2 is 2.05 bits per heavy atom. The van der Waals surface area contributed by atoms with Crippen LogP contribution in [-0.4, -0.2) is 34.8 Å². The highest BCUT2D eigenvalue weighted by atomic mass is 79.9. The van der Waals surface area contributed by atoms with Crippen LogP contribution in [0.4, 0.5) is 4.79 Å². The molecule has 4 nitrogen and oxygen atoms in total. The fourth-order valence-electron chi connectivity index (χ4n) is 2.07. The van der Waals surface area contributed by atoms with E-state index in [1.165, 1.54) is 4.90 Å². The summed E-state index contributed by atoms with van der Waals surface area (Å²) in [5.41, 5.74) is -1.04. The van der Waals surface area contributed by atoms with Gasteiger partial charge in [0.1, 0.15) is 11.2 Å². The molecule has 0 aliphatic carbocycles. The molecule has 0 radical (unpaired) electrons. The Morgan fingerprint density at radius 3 is 2.60 bits per heavy atom. The summed E-state index contributed by atoms with van der Waals surface area (Å²) in [6.45, 7) is 5.78. The summed E-state index contributed by atoms with van der Waals surface area (Å²) in [7, 11) is 0. The molecule has 1 amide bonds. The SMILES string of the molecule is CC(C)(C)OC(=O)N1CC(O)(c2cccc(Br)c2Cl)C1. The Labute approximate surface area is 131 Å². The number of ether oxygens (including phenoxy) is 1. The van der Waals surface area contributed by atoms with E-state index in [1.54, 1.807) is 18.2 Å². The molecule has 1 aromatic carbocycles. The molecule has 1 N–H and O–H groups in total. The van der Waals surface area contributed by atoms with Gasteiger partial charge in [-0.3, -0.25) is 0 Å². The van der Waals surface area contributed by atoms with Gasteiger partial charge in [-0.25, -0.2) is 4.79 Å². The number of hydrogen-bond donors (Lipinski definition) is 1. The number of carbonyl (C=O) groups excluding carboxylic acids is 1. The monoisotopic (exact) mass is 361 g/mol. The average Bonchev–Trinajstić information content (AvgIpc) is 2.26. The summed E-state index contributed by atoms with van der Waals surface area (Å²) < 4.78 is 5.98. The number of rotatable bonds is 1. The molecule has 1 saturated heterocycles. The average molecular weight is 363 g/mol. The standard InChI is InChI=1S/C14H17BrClNO3/c1-13(2,3)20-12(18)17-7-14(19,8-17)9-5-4-6-10(15)11(9)16/h4-6,19H,7-8H2,1-3H3. The molecular formula is C14H17BrClNO3. The second-order valence-corrected chi connectivity index (χ2v) is 7.20. The molecule has 0 atom stereocenters. The van der Waals surface area contributed by atoms with E-state index in [-0.39, 0.29) is 13.1 Å². The van der Waals surface area contributed by atoms with E-state index in [2.05, 4.69) is 15.9 Å². The van der Waals surface area contributed by atoms with Crippen molar-refractivity contribution in [3.05, 3.63) is 33.3 Å². The summed E-state index contributed by atoms with van der Waals surface area (Å²) in [6, 6.07) is 5.37. The maximum absolute atomic E-state index is 11.9. The largest absolute Gasteiger partial charge is 0.444 e. The number of likely N-dealkylation sites (tertiary alicyclic amines) is 1. The van der Waals surface area contributed by atoms with Crippen molar-refractivity contribution in [2.75, 3.05) is 13.1 Å². The zero-order valence-corrected chi connectivity index (χ0v) is 14.0. The molecule has 1 aromatic rings. The lowest BCUT2D eigenvalue weighted by Crippen LogP contribution is -2.62. The van der Waals surface area contributed by atoms with Crippen LogP contribution in [0.3, 0.4) is 0 Å². The van der Waals surface area contributed by atoms with Crippen molar-refractivity contribution in [3.8, 4) is 0 Å². The summed E-state index contributed by atoms with van der Waals surface area (Å²) >= 11 is 9.51. The molecular weight excluding hydrogens is 346 g/mol. The van der Waals surface area contributed by atoms with Gasteiger partial charge in [-0.2, -0.15) is 0 Å². The molecule has 0 bridgehead atoms. The maximum atomic E-state index is 11.9. The second kappa shape index (κ2) is 5.20. The van der Waals surface area contributed by atoms with Crippen molar-refractivity contribution >= 4 is 33.6 Å². The van der Waals surface area contributed by atoms with Gasteiger partial charge in [0.15, 0.2) is 0 Å². The number of halogens is 2. The molecule has 20 heavy (non-hydrogen) atoms. The lowest BCUT2D eigenvalue weighted by Gasteiger charge is -2.46. The van der Waals surface area contributed by atoms with Gasteiger partial charge in [0.2, 0.25) is 0 Å². The van der Waals surface area contributed by atoms with Crippen LogP contribution in [0.5, 0.6) is 0 Å². The molecule has 0 aromatic heterocycles. The van der Waals surface area contributed by atoms with Gasteiger partial charge in [0.05, 0.1) is 18.1 Å². The molecule has 2 rings (SSSR count). The first-order valence-electron chi connectivity index (χ1n) is 6.27. The van der Waals surface area contributed by atoms with E-state index >= 15 is 0 Å². The zero-order valence-electron chi connectivity index (χ0n) is 11.6. The minimum atomic E-state index is -1.11. The number of aliphatic hydroxyl groups is 1. The van der Waals surface area contributed by atoms with Crippen molar-refractivity contribution in [1.82, 2.24) is 4.90 Å². The third kappa shape index (κ3) is 3.10. The third-order valence-corrected chi connectivity index (χ3v) is 4.31. The molecule has 1 fully saturated rings. The number of hydrogen-bond acceptors (Lipinski definition) is 3. The van der Waals surface area contributed by atoms with Crippen molar-refractivity contribution < 1.29 is 14.6 Å².